The minimum Gasteiger partial charge on any atom is -0.368 e. The van der Waals surface area contributed by atoms with Crippen molar-refractivity contribution in [2.24, 2.45) is 0 Å². The van der Waals surface area contributed by atoms with E-state index in [1.165, 1.54) is 12.1 Å². The SMILES string of the molecule is Cc1nc(N)nc(NS(=O)(=O)c2ccccc2)n1. The first-order valence-corrected chi connectivity index (χ1v) is 6.52. The molecule has 0 unspecified atom stereocenters. The molecule has 0 atom stereocenters. The first kappa shape index (κ1) is 12.2. The van der Waals surface area contributed by atoms with Crippen LogP contribution in [0.1, 0.15) is 5.82 Å². The zero-order valence-electron chi connectivity index (χ0n) is 9.53. The van der Waals surface area contributed by atoms with Crippen LogP contribution in [0.25, 0.3) is 0 Å². The van der Waals surface area contributed by atoms with E-state index in [1.807, 2.05) is 0 Å². The quantitative estimate of drug-likeness (QED) is 0.839. The van der Waals surface area contributed by atoms with E-state index in [2.05, 4.69) is 19.7 Å². The number of aromatic nitrogens is 3. The number of anilines is 2. The monoisotopic (exact) mass is 265 g/mol. The van der Waals surface area contributed by atoms with Crippen molar-refractivity contribution in [2.45, 2.75) is 11.8 Å². The lowest BCUT2D eigenvalue weighted by Gasteiger charge is -2.06. The molecule has 0 aliphatic heterocycles. The lowest BCUT2D eigenvalue weighted by atomic mass is 10.4. The molecule has 0 amide bonds. The third-order valence-electron chi connectivity index (χ3n) is 2.04. The summed E-state index contributed by atoms with van der Waals surface area (Å²) in [5, 5.41) is 0. The van der Waals surface area contributed by atoms with Gasteiger partial charge in [0.15, 0.2) is 0 Å². The number of rotatable bonds is 3. The molecule has 1 aromatic heterocycles. The Kier molecular flexibility index (Phi) is 3.11. The Hall–Kier alpha value is -2.22. The van der Waals surface area contributed by atoms with Crippen LogP contribution in [-0.4, -0.2) is 23.4 Å². The Morgan fingerprint density at radius 2 is 1.78 bits per heavy atom. The Morgan fingerprint density at radius 1 is 1.11 bits per heavy atom. The molecule has 2 aromatic rings. The predicted octanol–water partition coefficient (Wildman–Crippen LogP) is 0.563. The highest BCUT2D eigenvalue weighted by Crippen LogP contribution is 2.12. The van der Waals surface area contributed by atoms with Crippen LogP contribution in [0.3, 0.4) is 0 Å². The fourth-order valence-electron chi connectivity index (χ4n) is 1.33. The van der Waals surface area contributed by atoms with Crippen LogP contribution in [0.5, 0.6) is 0 Å². The third-order valence-corrected chi connectivity index (χ3v) is 3.39. The fraction of sp³-hybridized carbons (Fsp3) is 0.100. The number of nitrogen functional groups attached to an aromatic ring is 1. The van der Waals surface area contributed by atoms with Gasteiger partial charge in [0.25, 0.3) is 10.0 Å². The van der Waals surface area contributed by atoms with Gasteiger partial charge in [-0.15, -0.1) is 0 Å². The molecule has 18 heavy (non-hydrogen) atoms. The fourth-order valence-corrected chi connectivity index (χ4v) is 2.29. The molecule has 0 aliphatic rings. The van der Waals surface area contributed by atoms with E-state index in [9.17, 15) is 8.42 Å². The topological polar surface area (TPSA) is 111 Å². The molecular formula is C10H11N5O2S. The molecule has 0 fully saturated rings. The summed E-state index contributed by atoms with van der Waals surface area (Å²) < 4.78 is 26.2. The van der Waals surface area contributed by atoms with Crippen LogP contribution in [0.15, 0.2) is 35.2 Å². The summed E-state index contributed by atoms with van der Waals surface area (Å²) in [6.45, 7) is 1.60. The van der Waals surface area contributed by atoms with Gasteiger partial charge in [0.2, 0.25) is 11.9 Å². The summed E-state index contributed by atoms with van der Waals surface area (Å²) in [5.41, 5.74) is 5.42. The molecular weight excluding hydrogens is 254 g/mol. The molecule has 0 radical (unpaired) electrons. The first-order chi connectivity index (χ1) is 8.47. The average Bonchev–Trinajstić information content (AvgIpc) is 2.28. The van der Waals surface area contributed by atoms with E-state index in [4.69, 9.17) is 5.73 Å². The summed E-state index contributed by atoms with van der Waals surface area (Å²) in [4.78, 5) is 11.4. The Balaban J connectivity index is 2.34. The van der Waals surface area contributed by atoms with Gasteiger partial charge in [0, 0.05) is 0 Å². The Bertz CT molecular complexity index is 637. The van der Waals surface area contributed by atoms with Gasteiger partial charge in [0.1, 0.15) is 5.82 Å². The van der Waals surface area contributed by atoms with Crippen molar-refractivity contribution in [3.63, 3.8) is 0 Å². The second-order valence-electron chi connectivity index (χ2n) is 3.48. The number of nitrogens with zero attached hydrogens (tertiary/aromatic N) is 3. The molecule has 0 bridgehead atoms. The van der Waals surface area contributed by atoms with Gasteiger partial charge in [-0.1, -0.05) is 18.2 Å². The molecule has 7 nitrogen and oxygen atoms in total. The maximum atomic E-state index is 12.0. The molecule has 94 valence electrons. The van der Waals surface area contributed by atoms with Crippen molar-refractivity contribution in [1.82, 2.24) is 15.0 Å². The van der Waals surface area contributed by atoms with Crippen LogP contribution >= 0.6 is 0 Å². The van der Waals surface area contributed by atoms with Crippen LogP contribution in [0.2, 0.25) is 0 Å². The Morgan fingerprint density at radius 3 is 2.39 bits per heavy atom. The largest absolute Gasteiger partial charge is 0.368 e. The van der Waals surface area contributed by atoms with E-state index >= 15 is 0 Å². The van der Waals surface area contributed by atoms with Gasteiger partial charge in [-0.3, -0.25) is 0 Å². The zero-order chi connectivity index (χ0) is 13.2. The van der Waals surface area contributed by atoms with Crippen LogP contribution in [0.4, 0.5) is 11.9 Å². The molecule has 8 heteroatoms. The van der Waals surface area contributed by atoms with Gasteiger partial charge in [-0.05, 0) is 19.1 Å². The van der Waals surface area contributed by atoms with E-state index in [0.29, 0.717) is 5.82 Å². The highest BCUT2D eigenvalue weighted by Gasteiger charge is 2.15. The molecule has 3 N–H and O–H groups in total. The number of aryl methyl sites for hydroxylation is 1. The van der Waals surface area contributed by atoms with Gasteiger partial charge in [-0.25, -0.2) is 13.1 Å². The standard InChI is InChI=1S/C10H11N5O2S/c1-7-12-9(11)14-10(13-7)15-18(16,17)8-5-3-2-4-6-8/h2-6H,1H3,(H3,11,12,13,14,15). The summed E-state index contributed by atoms with van der Waals surface area (Å²) >= 11 is 0. The van der Waals surface area contributed by atoms with Crippen molar-refractivity contribution >= 4 is 21.9 Å². The summed E-state index contributed by atoms with van der Waals surface area (Å²) in [6.07, 6.45) is 0. The van der Waals surface area contributed by atoms with Crippen molar-refractivity contribution in [2.75, 3.05) is 10.5 Å². The van der Waals surface area contributed by atoms with Gasteiger partial charge >= 0.3 is 0 Å². The smallest absolute Gasteiger partial charge is 0.264 e. The molecule has 0 saturated heterocycles. The molecule has 1 heterocycles. The number of sulfonamides is 1. The first-order valence-electron chi connectivity index (χ1n) is 5.03. The molecule has 0 saturated carbocycles. The van der Waals surface area contributed by atoms with Gasteiger partial charge < -0.3 is 5.73 Å². The van der Waals surface area contributed by atoms with Crippen LogP contribution in [-0.2, 0) is 10.0 Å². The normalized spacial score (nSPS) is 11.2. The van der Waals surface area contributed by atoms with Crippen LogP contribution < -0.4 is 10.5 Å². The van der Waals surface area contributed by atoms with E-state index in [1.54, 1.807) is 25.1 Å². The zero-order valence-corrected chi connectivity index (χ0v) is 10.3. The Labute approximate surface area is 104 Å². The van der Waals surface area contributed by atoms with E-state index in [0.717, 1.165) is 0 Å². The minimum absolute atomic E-state index is 0.0340. The summed E-state index contributed by atoms with van der Waals surface area (Å²) in [6, 6.07) is 7.92. The highest BCUT2D eigenvalue weighted by atomic mass is 32.2. The average molecular weight is 265 g/mol. The second kappa shape index (κ2) is 4.57. The predicted molar refractivity (Wildman–Crippen MR) is 66.2 cm³/mol. The highest BCUT2D eigenvalue weighted by molar-refractivity contribution is 7.92. The number of hydrogen-bond acceptors (Lipinski definition) is 6. The lowest BCUT2D eigenvalue weighted by Crippen LogP contribution is -2.16. The minimum atomic E-state index is -3.71. The van der Waals surface area contributed by atoms with Crippen molar-refractivity contribution in [3.8, 4) is 0 Å². The van der Waals surface area contributed by atoms with Gasteiger partial charge in [0.05, 0.1) is 4.90 Å². The lowest BCUT2D eigenvalue weighted by molar-refractivity contribution is 0.601. The summed E-state index contributed by atoms with van der Waals surface area (Å²) in [7, 11) is -3.71. The summed E-state index contributed by atoms with van der Waals surface area (Å²) in [5.74, 6) is 0.213. The molecule has 0 aliphatic carbocycles. The third kappa shape index (κ3) is 2.72. The number of benzene rings is 1. The number of hydrogen-bond donors (Lipinski definition) is 2. The van der Waals surface area contributed by atoms with Crippen molar-refractivity contribution < 1.29 is 8.42 Å². The molecule has 0 spiro atoms. The second-order valence-corrected chi connectivity index (χ2v) is 5.17. The molecule has 1 aromatic carbocycles. The number of nitrogens with two attached hydrogens (primary N) is 1. The van der Waals surface area contributed by atoms with Crippen molar-refractivity contribution in [3.05, 3.63) is 36.2 Å². The number of nitrogens with one attached hydrogen (secondary N) is 1. The van der Waals surface area contributed by atoms with E-state index < -0.39 is 10.0 Å². The maximum Gasteiger partial charge on any atom is 0.264 e. The van der Waals surface area contributed by atoms with E-state index in [-0.39, 0.29) is 16.8 Å². The van der Waals surface area contributed by atoms with Crippen molar-refractivity contribution in [1.29, 1.82) is 0 Å². The van der Waals surface area contributed by atoms with Crippen LogP contribution in [0, 0.1) is 6.92 Å². The molecule has 2 rings (SSSR count). The van der Waals surface area contributed by atoms with Gasteiger partial charge in [-0.2, -0.15) is 15.0 Å². The maximum absolute atomic E-state index is 12.0.